The molecule has 3 aromatic carbocycles. The summed E-state index contributed by atoms with van der Waals surface area (Å²) in [5.41, 5.74) is 14.0. The van der Waals surface area contributed by atoms with Gasteiger partial charge in [0.15, 0.2) is 0 Å². The maximum absolute atomic E-state index is 13.1. The third-order valence-electron chi connectivity index (χ3n) is 4.23. The molecule has 0 aliphatic heterocycles. The molecule has 6 nitrogen and oxygen atoms in total. The molecular weight excluding hydrogens is 348 g/mol. The van der Waals surface area contributed by atoms with Crippen molar-refractivity contribution in [3.8, 4) is 5.69 Å². The second-order valence-corrected chi connectivity index (χ2v) is 7.77. The van der Waals surface area contributed by atoms with E-state index in [9.17, 15) is 8.42 Å². The van der Waals surface area contributed by atoms with Crippen LogP contribution in [0.5, 0.6) is 0 Å². The van der Waals surface area contributed by atoms with E-state index >= 15 is 0 Å². The van der Waals surface area contributed by atoms with Crippen molar-refractivity contribution >= 4 is 32.1 Å². The standard InChI is InChI=1S/C19H16N4O2S/c20-16-11-17(26(24,25)14-9-5-2-6-10-14)15-12-22-23(19(15)18(16)21)13-7-3-1-4-8-13/h1-12H,20-21H2. The molecule has 0 unspecified atom stereocenters. The zero-order chi connectivity index (χ0) is 18.3. The quantitative estimate of drug-likeness (QED) is 0.544. The summed E-state index contributed by atoms with van der Waals surface area (Å²) in [6, 6.07) is 19.0. The molecule has 130 valence electrons. The molecule has 0 aliphatic rings. The Hall–Kier alpha value is -3.32. The average Bonchev–Trinajstić information content (AvgIpc) is 3.11. The highest BCUT2D eigenvalue weighted by Gasteiger charge is 2.24. The van der Waals surface area contributed by atoms with Crippen LogP contribution in [0.1, 0.15) is 0 Å². The van der Waals surface area contributed by atoms with Crippen molar-refractivity contribution in [3.05, 3.63) is 72.9 Å². The maximum atomic E-state index is 13.1. The Kier molecular flexibility index (Phi) is 3.66. The van der Waals surface area contributed by atoms with E-state index in [4.69, 9.17) is 11.5 Å². The SMILES string of the molecule is Nc1cc(S(=O)(=O)c2ccccc2)c2cnn(-c3ccccc3)c2c1N. The lowest BCUT2D eigenvalue weighted by molar-refractivity contribution is 0.597. The molecule has 4 N–H and O–H groups in total. The van der Waals surface area contributed by atoms with E-state index in [1.807, 2.05) is 30.3 Å². The number of para-hydroxylation sites is 1. The van der Waals surface area contributed by atoms with Crippen LogP contribution in [0.3, 0.4) is 0 Å². The smallest absolute Gasteiger partial charge is 0.207 e. The van der Waals surface area contributed by atoms with Gasteiger partial charge in [0, 0.05) is 5.39 Å². The molecule has 0 amide bonds. The first-order valence-corrected chi connectivity index (χ1v) is 9.39. The van der Waals surface area contributed by atoms with Crippen LogP contribution in [0.2, 0.25) is 0 Å². The zero-order valence-corrected chi connectivity index (χ0v) is 14.5. The minimum Gasteiger partial charge on any atom is -0.397 e. The first kappa shape index (κ1) is 16.2. The second-order valence-electron chi connectivity index (χ2n) is 5.85. The first-order chi connectivity index (χ1) is 12.5. The predicted molar refractivity (Wildman–Crippen MR) is 102 cm³/mol. The maximum Gasteiger partial charge on any atom is 0.207 e. The van der Waals surface area contributed by atoms with Gasteiger partial charge in [-0.25, -0.2) is 13.1 Å². The molecule has 0 atom stereocenters. The molecule has 0 fully saturated rings. The summed E-state index contributed by atoms with van der Waals surface area (Å²) in [5, 5.41) is 4.79. The van der Waals surface area contributed by atoms with Gasteiger partial charge >= 0.3 is 0 Å². The molecule has 26 heavy (non-hydrogen) atoms. The predicted octanol–water partition coefficient (Wildman–Crippen LogP) is 3.02. The van der Waals surface area contributed by atoms with Crippen molar-refractivity contribution in [2.45, 2.75) is 9.79 Å². The zero-order valence-electron chi connectivity index (χ0n) is 13.7. The number of nitrogens with zero attached hydrogens (tertiary/aromatic N) is 2. The third kappa shape index (κ3) is 2.41. The van der Waals surface area contributed by atoms with Crippen LogP contribution in [0.4, 0.5) is 11.4 Å². The molecule has 0 aliphatic carbocycles. The van der Waals surface area contributed by atoms with Gasteiger partial charge in [-0.1, -0.05) is 36.4 Å². The number of aromatic nitrogens is 2. The molecule has 4 rings (SSSR count). The highest BCUT2D eigenvalue weighted by molar-refractivity contribution is 7.91. The fraction of sp³-hybridized carbons (Fsp3) is 0. The van der Waals surface area contributed by atoms with Crippen molar-refractivity contribution in [1.29, 1.82) is 0 Å². The molecule has 4 aromatic rings. The molecule has 0 saturated carbocycles. The Labute approximate surface area is 150 Å². The average molecular weight is 364 g/mol. The summed E-state index contributed by atoms with van der Waals surface area (Å²) in [5.74, 6) is 0. The van der Waals surface area contributed by atoms with Crippen molar-refractivity contribution in [2.75, 3.05) is 11.5 Å². The number of fused-ring (bicyclic) bond motifs is 1. The van der Waals surface area contributed by atoms with Crippen LogP contribution in [0.25, 0.3) is 16.6 Å². The summed E-state index contributed by atoms with van der Waals surface area (Å²) in [6.07, 6.45) is 1.51. The summed E-state index contributed by atoms with van der Waals surface area (Å²) >= 11 is 0. The van der Waals surface area contributed by atoms with Crippen molar-refractivity contribution in [1.82, 2.24) is 9.78 Å². The van der Waals surface area contributed by atoms with Crippen molar-refractivity contribution in [3.63, 3.8) is 0 Å². The third-order valence-corrected chi connectivity index (χ3v) is 6.04. The number of nitrogens with two attached hydrogens (primary N) is 2. The highest BCUT2D eigenvalue weighted by atomic mass is 32.2. The lowest BCUT2D eigenvalue weighted by Gasteiger charge is -2.11. The first-order valence-electron chi connectivity index (χ1n) is 7.91. The molecular formula is C19H16N4O2S. The fourth-order valence-corrected chi connectivity index (χ4v) is 4.43. The number of sulfone groups is 1. The molecule has 7 heteroatoms. The Morgan fingerprint density at radius 3 is 2.15 bits per heavy atom. The van der Waals surface area contributed by atoms with Crippen LogP contribution in [-0.2, 0) is 9.84 Å². The second kappa shape index (κ2) is 5.89. The van der Waals surface area contributed by atoms with Crippen molar-refractivity contribution in [2.24, 2.45) is 0 Å². The molecule has 0 bridgehead atoms. The van der Waals surface area contributed by atoms with Gasteiger partial charge in [0.05, 0.1) is 33.0 Å². The van der Waals surface area contributed by atoms with Gasteiger partial charge in [-0.05, 0) is 30.3 Å². The van der Waals surface area contributed by atoms with E-state index in [1.165, 1.54) is 12.3 Å². The molecule has 0 radical (unpaired) electrons. The summed E-state index contributed by atoms with van der Waals surface area (Å²) in [6.45, 7) is 0. The number of anilines is 2. The van der Waals surface area contributed by atoms with Crippen LogP contribution in [0, 0.1) is 0 Å². The monoisotopic (exact) mass is 364 g/mol. The van der Waals surface area contributed by atoms with Gasteiger partial charge in [0.25, 0.3) is 0 Å². The van der Waals surface area contributed by atoms with Gasteiger partial charge in [-0.15, -0.1) is 0 Å². The van der Waals surface area contributed by atoms with Crippen LogP contribution in [0.15, 0.2) is 82.7 Å². The van der Waals surface area contributed by atoms with Gasteiger partial charge < -0.3 is 11.5 Å². The van der Waals surface area contributed by atoms with E-state index < -0.39 is 9.84 Å². The number of rotatable bonds is 3. The summed E-state index contributed by atoms with van der Waals surface area (Å²) in [7, 11) is -3.76. The summed E-state index contributed by atoms with van der Waals surface area (Å²) in [4.78, 5) is 0.283. The Balaban J connectivity index is 2.05. The minimum atomic E-state index is -3.76. The van der Waals surface area contributed by atoms with E-state index in [0.29, 0.717) is 16.6 Å². The number of nitrogen functional groups attached to an aromatic ring is 2. The molecule has 1 heterocycles. The van der Waals surface area contributed by atoms with Crippen LogP contribution >= 0.6 is 0 Å². The largest absolute Gasteiger partial charge is 0.397 e. The Bertz CT molecular complexity index is 1200. The molecule has 0 saturated heterocycles. The Morgan fingerprint density at radius 2 is 1.50 bits per heavy atom. The van der Waals surface area contributed by atoms with E-state index in [2.05, 4.69) is 5.10 Å². The van der Waals surface area contributed by atoms with Gasteiger partial charge in [-0.2, -0.15) is 5.10 Å². The lowest BCUT2D eigenvalue weighted by atomic mass is 10.2. The fourth-order valence-electron chi connectivity index (χ4n) is 2.94. The number of benzene rings is 3. The van der Waals surface area contributed by atoms with Gasteiger partial charge in [0.1, 0.15) is 5.52 Å². The van der Waals surface area contributed by atoms with Crippen molar-refractivity contribution < 1.29 is 8.42 Å². The van der Waals surface area contributed by atoms with E-state index in [0.717, 1.165) is 5.69 Å². The normalized spacial score (nSPS) is 11.7. The number of hydrogen-bond acceptors (Lipinski definition) is 5. The van der Waals surface area contributed by atoms with E-state index in [-0.39, 0.29) is 15.5 Å². The van der Waals surface area contributed by atoms with Gasteiger partial charge in [-0.3, -0.25) is 0 Å². The highest BCUT2D eigenvalue weighted by Crippen LogP contribution is 2.36. The molecule has 0 spiro atoms. The lowest BCUT2D eigenvalue weighted by Crippen LogP contribution is -2.07. The van der Waals surface area contributed by atoms with E-state index in [1.54, 1.807) is 35.0 Å². The minimum absolute atomic E-state index is 0.0904. The topological polar surface area (TPSA) is 104 Å². The number of hydrogen-bond donors (Lipinski definition) is 2. The van der Waals surface area contributed by atoms with Crippen LogP contribution in [-0.4, -0.2) is 18.2 Å². The Morgan fingerprint density at radius 1 is 0.885 bits per heavy atom. The summed E-state index contributed by atoms with van der Waals surface area (Å²) < 4.78 is 27.8. The van der Waals surface area contributed by atoms with Crippen LogP contribution < -0.4 is 11.5 Å². The molecule has 1 aromatic heterocycles. The van der Waals surface area contributed by atoms with Gasteiger partial charge in [0.2, 0.25) is 9.84 Å².